The number of benzene rings is 1. The van der Waals surface area contributed by atoms with Crippen LogP contribution in [0.2, 0.25) is 0 Å². The lowest BCUT2D eigenvalue weighted by Crippen LogP contribution is -2.56. The Kier molecular flexibility index (Phi) is 7.26. The number of carboxylic acids is 1. The van der Waals surface area contributed by atoms with Gasteiger partial charge in [0.15, 0.2) is 0 Å². The Hall–Kier alpha value is -3.66. The molecule has 0 spiro atoms. The molecule has 1 aromatic carbocycles. The minimum Gasteiger partial charge on any atom is -0.480 e. The van der Waals surface area contributed by atoms with Crippen LogP contribution in [-0.4, -0.2) is 56.0 Å². The van der Waals surface area contributed by atoms with Crippen molar-refractivity contribution in [3.8, 4) is 0 Å². The summed E-state index contributed by atoms with van der Waals surface area (Å²) in [7, 11) is 0. The van der Waals surface area contributed by atoms with Crippen LogP contribution in [0.15, 0.2) is 43.0 Å². The van der Waals surface area contributed by atoms with Gasteiger partial charge in [-0.3, -0.25) is 9.59 Å². The molecule has 3 aromatic rings. The molecule has 170 valence electrons. The molecule has 0 radical (unpaired) electrons. The second-order valence-electron chi connectivity index (χ2n) is 8.07. The summed E-state index contributed by atoms with van der Waals surface area (Å²) in [4.78, 5) is 47.3. The zero-order chi connectivity index (χ0) is 23.3. The minimum absolute atomic E-state index is 0.0281. The topological polar surface area (TPSA) is 166 Å². The first-order chi connectivity index (χ1) is 15.3. The van der Waals surface area contributed by atoms with Gasteiger partial charge >= 0.3 is 5.97 Å². The molecule has 0 unspecified atom stereocenters. The van der Waals surface area contributed by atoms with Crippen molar-refractivity contribution in [2.24, 2.45) is 11.7 Å². The van der Waals surface area contributed by atoms with E-state index in [0.29, 0.717) is 5.69 Å². The summed E-state index contributed by atoms with van der Waals surface area (Å²) in [5.74, 6) is -2.39. The number of aliphatic carboxylic acids is 1. The Balaban J connectivity index is 1.82. The minimum atomic E-state index is -1.19. The van der Waals surface area contributed by atoms with E-state index in [1.807, 2.05) is 38.1 Å². The van der Waals surface area contributed by atoms with E-state index in [9.17, 15) is 19.5 Å². The van der Waals surface area contributed by atoms with E-state index < -0.39 is 35.9 Å². The lowest BCUT2D eigenvalue weighted by molar-refractivity contribution is -0.142. The standard InChI is InChI=1S/C22H28N6O4/c1-12(2)19(23)21(30)27-17(7-13-9-25-16-6-4-3-5-15(13)16)20(29)28-18(22(31)32)8-14-10-24-11-26-14/h3-6,9-12,17-19,25H,7-8,23H2,1-2H3,(H,24,26)(H,27,30)(H,28,29)(H,31,32)/t17-,18-,19-/m0/s1. The van der Waals surface area contributed by atoms with Gasteiger partial charge in [0.1, 0.15) is 12.1 Å². The number of fused-ring (bicyclic) bond motifs is 1. The van der Waals surface area contributed by atoms with Gasteiger partial charge in [0, 0.05) is 41.8 Å². The number of aromatic nitrogens is 3. The highest BCUT2D eigenvalue weighted by Crippen LogP contribution is 2.19. The average Bonchev–Trinajstić information content (AvgIpc) is 3.42. The molecular weight excluding hydrogens is 412 g/mol. The number of carboxylic acid groups (broad SMARTS) is 1. The number of carbonyl (C=O) groups excluding carboxylic acids is 2. The predicted molar refractivity (Wildman–Crippen MR) is 119 cm³/mol. The summed E-state index contributed by atoms with van der Waals surface area (Å²) in [5, 5.41) is 15.7. The Morgan fingerprint density at radius 1 is 1.06 bits per heavy atom. The molecule has 3 rings (SSSR count). The molecule has 2 amide bonds. The van der Waals surface area contributed by atoms with Crippen molar-refractivity contribution in [1.82, 2.24) is 25.6 Å². The number of nitrogens with zero attached hydrogens (tertiary/aromatic N) is 1. The number of nitrogens with two attached hydrogens (primary N) is 1. The van der Waals surface area contributed by atoms with Crippen LogP contribution in [0.3, 0.4) is 0 Å². The molecule has 2 heterocycles. The lowest BCUT2D eigenvalue weighted by Gasteiger charge is -2.23. The van der Waals surface area contributed by atoms with Crippen molar-refractivity contribution in [3.63, 3.8) is 0 Å². The van der Waals surface area contributed by atoms with Crippen LogP contribution in [0.5, 0.6) is 0 Å². The van der Waals surface area contributed by atoms with Crippen molar-refractivity contribution < 1.29 is 19.5 Å². The van der Waals surface area contributed by atoms with E-state index >= 15 is 0 Å². The molecule has 3 atom stereocenters. The zero-order valence-electron chi connectivity index (χ0n) is 18.0. The van der Waals surface area contributed by atoms with E-state index in [4.69, 9.17) is 5.73 Å². The summed E-state index contributed by atoms with van der Waals surface area (Å²) in [5.41, 5.74) is 8.24. The van der Waals surface area contributed by atoms with E-state index in [0.717, 1.165) is 16.5 Å². The van der Waals surface area contributed by atoms with Crippen molar-refractivity contribution in [2.75, 3.05) is 0 Å². The van der Waals surface area contributed by atoms with Gasteiger partial charge in [-0.2, -0.15) is 0 Å². The summed E-state index contributed by atoms with van der Waals surface area (Å²) < 4.78 is 0. The number of carbonyl (C=O) groups is 3. The molecule has 0 aliphatic carbocycles. The maximum absolute atomic E-state index is 13.1. The van der Waals surface area contributed by atoms with Gasteiger partial charge in [-0.1, -0.05) is 32.0 Å². The smallest absolute Gasteiger partial charge is 0.326 e. The Morgan fingerprint density at radius 3 is 2.44 bits per heavy atom. The van der Waals surface area contributed by atoms with Crippen LogP contribution in [0.4, 0.5) is 0 Å². The van der Waals surface area contributed by atoms with Crippen molar-refractivity contribution in [1.29, 1.82) is 0 Å². The molecule has 0 aliphatic heterocycles. The maximum atomic E-state index is 13.1. The molecule has 2 aromatic heterocycles. The molecule has 0 aliphatic rings. The number of nitrogens with one attached hydrogen (secondary N) is 4. The average molecular weight is 441 g/mol. The zero-order valence-corrected chi connectivity index (χ0v) is 18.0. The summed E-state index contributed by atoms with van der Waals surface area (Å²) in [6.07, 6.45) is 4.90. The van der Waals surface area contributed by atoms with Gasteiger partial charge in [-0.15, -0.1) is 0 Å². The van der Waals surface area contributed by atoms with Crippen molar-refractivity contribution >= 4 is 28.7 Å². The number of H-pyrrole nitrogens is 2. The summed E-state index contributed by atoms with van der Waals surface area (Å²) in [6.45, 7) is 3.62. The van der Waals surface area contributed by atoms with Gasteiger partial charge in [0.05, 0.1) is 12.4 Å². The number of aromatic amines is 2. The second-order valence-corrected chi connectivity index (χ2v) is 8.07. The first-order valence-electron chi connectivity index (χ1n) is 10.4. The summed E-state index contributed by atoms with van der Waals surface area (Å²) in [6, 6.07) is 4.60. The number of hydrogen-bond acceptors (Lipinski definition) is 5. The molecule has 0 saturated carbocycles. The third kappa shape index (κ3) is 5.52. The van der Waals surface area contributed by atoms with Crippen LogP contribution in [0, 0.1) is 5.92 Å². The van der Waals surface area contributed by atoms with Gasteiger partial charge in [-0.05, 0) is 17.5 Å². The molecule has 10 heteroatoms. The highest BCUT2D eigenvalue weighted by atomic mass is 16.4. The molecule has 0 fully saturated rings. The van der Waals surface area contributed by atoms with Gasteiger partial charge in [-0.25, -0.2) is 9.78 Å². The normalized spacial score (nSPS) is 14.1. The number of imidazole rings is 1. The molecule has 7 N–H and O–H groups in total. The van der Waals surface area contributed by atoms with E-state index in [1.165, 1.54) is 12.5 Å². The molecular formula is C22H28N6O4. The fraction of sp³-hybridized carbons (Fsp3) is 0.364. The largest absolute Gasteiger partial charge is 0.480 e. The van der Waals surface area contributed by atoms with Crippen molar-refractivity contribution in [2.45, 2.75) is 44.8 Å². The van der Waals surface area contributed by atoms with Gasteiger partial charge < -0.3 is 31.4 Å². The SMILES string of the molecule is CC(C)[C@H](N)C(=O)N[C@@H](Cc1c[nH]c2ccccc12)C(=O)N[C@@H](Cc1cnc[nH]1)C(=O)O. The van der Waals surface area contributed by atoms with Gasteiger partial charge in [0.25, 0.3) is 0 Å². The van der Waals surface area contributed by atoms with Crippen LogP contribution in [0.1, 0.15) is 25.1 Å². The number of amides is 2. The molecule has 10 nitrogen and oxygen atoms in total. The quantitative estimate of drug-likeness (QED) is 0.272. The van der Waals surface area contributed by atoms with Crippen LogP contribution in [-0.2, 0) is 27.2 Å². The second kappa shape index (κ2) is 10.1. The fourth-order valence-electron chi connectivity index (χ4n) is 3.39. The summed E-state index contributed by atoms with van der Waals surface area (Å²) >= 11 is 0. The van der Waals surface area contributed by atoms with E-state index in [-0.39, 0.29) is 18.8 Å². The number of hydrogen-bond donors (Lipinski definition) is 6. The van der Waals surface area contributed by atoms with Crippen LogP contribution in [0.25, 0.3) is 10.9 Å². The Bertz CT molecular complexity index is 1080. The first kappa shape index (κ1) is 23.0. The molecule has 0 bridgehead atoms. The van der Waals surface area contributed by atoms with Crippen LogP contribution >= 0.6 is 0 Å². The highest BCUT2D eigenvalue weighted by Gasteiger charge is 2.29. The number of rotatable bonds is 10. The fourth-order valence-corrected chi connectivity index (χ4v) is 3.39. The van der Waals surface area contributed by atoms with E-state index in [2.05, 4.69) is 25.6 Å². The van der Waals surface area contributed by atoms with Gasteiger partial charge in [0.2, 0.25) is 11.8 Å². The third-order valence-corrected chi connectivity index (χ3v) is 5.35. The third-order valence-electron chi connectivity index (χ3n) is 5.35. The first-order valence-corrected chi connectivity index (χ1v) is 10.4. The monoisotopic (exact) mass is 440 g/mol. The van der Waals surface area contributed by atoms with Crippen molar-refractivity contribution in [3.05, 3.63) is 54.2 Å². The van der Waals surface area contributed by atoms with Crippen LogP contribution < -0.4 is 16.4 Å². The number of para-hydroxylation sites is 1. The molecule has 32 heavy (non-hydrogen) atoms. The molecule has 0 saturated heterocycles. The predicted octanol–water partition coefficient (Wildman–Crippen LogP) is 0.714. The Labute approximate surface area is 185 Å². The highest BCUT2D eigenvalue weighted by molar-refractivity contribution is 5.93. The maximum Gasteiger partial charge on any atom is 0.326 e. The Morgan fingerprint density at radius 2 is 1.78 bits per heavy atom. The lowest BCUT2D eigenvalue weighted by atomic mass is 10.0. The van der Waals surface area contributed by atoms with E-state index in [1.54, 1.807) is 6.20 Å².